The molecule has 1 unspecified atom stereocenters. The number of nitrogens with zero attached hydrogens (tertiary/aromatic N) is 1. The van der Waals surface area contributed by atoms with E-state index in [0.29, 0.717) is 11.3 Å². The van der Waals surface area contributed by atoms with Crippen LogP contribution in [-0.2, 0) is 4.79 Å². The molecule has 6 nitrogen and oxygen atoms in total. The van der Waals surface area contributed by atoms with Crippen LogP contribution in [0.5, 0.6) is 5.75 Å². The van der Waals surface area contributed by atoms with E-state index in [1.165, 1.54) is 24.3 Å². The van der Waals surface area contributed by atoms with Gasteiger partial charge in [0.15, 0.2) is 0 Å². The zero-order valence-corrected chi connectivity index (χ0v) is 10.3. The van der Waals surface area contributed by atoms with Gasteiger partial charge in [0.25, 0.3) is 5.69 Å². The predicted octanol–water partition coefficient (Wildman–Crippen LogP) is 2.80. The van der Waals surface area contributed by atoms with E-state index in [4.69, 9.17) is 4.74 Å². The molecule has 1 atom stereocenters. The molecule has 0 aliphatic heterocycles. The Morgan fingerprint density at radius 1 is 1.10 bits per heavy atom. The van der Waals surface area contributed by atoms with Gasteiger partial charge in [0, 0.05) is 17.7 Å². The smallest absolute Gasteiger partial charge is 0.349 e. The predicted molar refractivity (Wildman–Crippen MR) is 70.5 cm³/mol. The molecule has 0 aromatic heterocycles. The average Bonchev–Trinajstić information content (AvgIpc) is 2.45. The van der Waals surface area contributed by atoms with Gasteiger partial charge in [-0.25, -0.2) is 4.79 Å². The summed E-state index contributed by atoms with van der Waals surface area (Å²) in [6, 6.07) is 13.8. The number of benzene rings is 2. The minimum Gasteiger partial charge on any atom is -0.478 e. The first kappa shape index (κ1) is 13.5. The number of carbonyl (C=O) groups is 1. The molecule has 0 aliphatic rings. The van der Waals surface area contributed by atoms with Crippen LogP contribution in [0.3, 0.4) is 0 Å². The maximum Gasteiger partial charge on any atom is 0.349 e. The van der Waals surface area contributed by atoms with Crippen molar-refractivity contribution in [1.82, 2.24) is 0 Å². The molecule has 0 aliphatic carbocycles. The van der Waals surface area contributed by atoms with Crippen molar-refractivity contribution in [2.24, 2.45) is 0 Å². The van der Waals surface area contributed by atoms with Crippen molar-refractivity contribution >= 4 is 11.7 Å². The summed E-state index contributed by atoms with van der Waals surface area (Å²) in [7, 11) is 0. The lowest BCUT2D eigenvalue weighted by atomic mass is 10.1. The molecule has 2 rings (SSSR count). The summed E-state index contributed by atoms with van der Waals surface area (Å²) in [4.78, 5) is 21.3. The lowest BCUT2D eigenvalue weighted by Crippen LogP contribution is -2.18. The normalized spacial score (nSPS) is 11.6. The van der Waals surface area contributed by atoms with Crippen molar-refractivity contribution in [3.05, 3.63) is 70.3 Å². The molecule has 1 N–H and O–H groups in total. The third-order valence-electron chi connectivity index (χ3n) is 2.63. The van der Waals surface area contributed by atoms with Crippen molar-refractivity contribution < 1.29 is 19.6 Å². The number of nitro groups is 1. The minimum absolute atomic E-state index is 0.0994. The Morgan fingerprint density at radius 3 is 2.20 bits per heavy atom. The second-order valence-electron chi connectivity index (χ2n) is 4.00. The Balaban J connectivity index is 2.25. The number of rotatable bonds is 5. The molecule has 20 heavy (non-hydrogen) atoms. The molecule has 6 heteroatoms. The van der Waals surface area contributed by atoms with Crippen LogP contribution in [0.4, 0.5) is 5.69 Å². The summed E-state index contributed by atoms with van der Waals surface area (Å²) in [5.41, 5.74) is 0.240. The van der Waals surface area contributed by atoms with Gasteiger partial charge in [0.05, 0.1) is 4.92 Å². The molecule has 2 aromatic carbocycles. The van der Waals surface area contributed by atoms with E-state index in [9.17, 15) is 20.0 Å². The molecule has 0 amide bonds. The highest BCUT2D eigenvalue weighted by Crippen LogP contribution is 2.24. The van der Waals surface area contributed by atoms with Gasteiger partial charge in [-0.15, -0.1) is 0 Å². The molecular weight excluding hydrogens is 262 g/mol. The van der Waals surface area contributed by atoms with Crippen molar-refractivity contribution in [1.29, 1.82) is 0 Å². The Morgan fingerprint density at radius 2 is 1.70 bits per heavy atom. The second-order valence-corrected chi connectivity index (χ2v) is 4.00. The summed E-state index contributed by atoms with van der Waals surface area (Å²) in [6.45, 7) is 0. The van der Waals surface area contributed by atoms with Gasteiger partial charge in [-0.3, -0.25) is 10.1 Å². The number of para-hydroxylation sites is 1. The molecule has 0 fully saturated rings. The molecule has 0 saturated heterocycles. The standard InChI is InChI=1S/C14H11NO5/c16-14(17)13(20-12-4-2-1-3-5-12)10-6-8-11(9-7-10)15(18)19/h1-9,13H,(H,16,17). The molecule has 0 heterocycles. The van der Waals surface area contributed by atoms with Crippen LogP contribution in [-0.4, -0.2) is 16.0 Å². The number of hydrogen-bond donors (Lipinski definition) is 1. The number of ether oxygens (including phenoxy) is 1. The lowest BCUT2D eigenvalue weighted by molar-refractivity contribution is -0.384. The van der Waals surface area contributed by atoms with E-state index in [1.807, 2.05) is 0 Å². The summed E-state index contributed by atoms with van der Waals surface area (Å²) in [6.07, 6.45) is -1.21. The van der Waals surface area contributed by atoms with Crippen molar-refractivity contribution in [2.45, 2.75) is 6.10 Å². The first-order valence-corrected chi connectivity index (χ1v) is 5.77. The molecule has 0 saturated carbocycles. The van der Waals surface area contributed by atoms with Gasteiger partial charge in [0.1, 0.15) is 5.75 Å². The van der Waals surface area contributed by atoms with Crippen LogP contribution in [0.15, 0.2) is 54.6 Å². The van der Waals surface area contributed by atoms with E-state index in [-0.39, 0.29) is 5.69 Å². The van der Waals surface area contributed by atoms with Gasteiger partial charge in [-0.2, -0.15) is 0 Å². The second kappa shape index (κ2) is 5.83. The number of carboxylic acid groups (broad SMARTS) is 1. The molecular formula is C14H11NO5. The summed E-state index contributed by atoms with van der Waals surface area (Å²) in [5, 5.41) is 19.8. The number of aliphatic carboxylic acids is 1. The summed E-state index contributed by atoms with van der Waals surface area (Å²) >= 11 is 0. The lowest BCUT2D eigenvalue weighted by Gasteiger charge is -2.15. The molecule has 0 spiro atoms. The fourth-order valence-corrected chi connectivity index (χ4v) is 1.67. The van der Waals surface area contributed by atoms with Crippen molar-refractivity contribution in [2.75, 3.05) is 0 Å². The maximum atomic E-state index is 11.3. The fraction of sp³-hybridized carbons (Fsp3) is 0.0714. The highest BCUT2D eigenvalue weighted by molar-refractivity contribution is 5.75. The van der Waals surface area contributed by atoms with Gasteiger partial charge in [-0.05, 0) is 24.3 Å². The van der Waals surface area contributed by atoms with Gasteiger partial charge in [0.2, 0.25) is 6.10 Å². The zero-order chi connectivity index (χ0) is 14.5. The largest absolute Gasteiger partial charge is 0.478 e. The topological polar surface area (TPSA) is 89.7 Å². The van der Waals surface area contributed by atoms with Crippen LogP contribution in [0.2, 0.25) is 0 Å². The molecule has 0 radical (unpaired) electrons. The third-order valence-corrected chi connectivity index (χ3v) is 2.63. The third kappa shape index (κ3) is 3.11. The zero-order valence-electron chi connectivity index (χ0n) is 10.3. The van der Waals surface area contributed by atoms with E-state index in [1.54, 1.807) is 30.3 Å². The molecule has 2 aromatic rings. The van der Waals surface area contributed by atoms with Gasteiger partial charge in [-0.1, -0.05) is 18.2 Å². The molecule has 102 valence electrons. The number of nitro benzene ring substituents is 1. The van der Waals surface area contributed by atoms with Crippen LogP contribution >= 0.6 is 0 Å². The minimum atomic E-state index is -1.21. The van der Waals surface area contributed by atoms with E-state index >= 15 is 0 Å². The van der Waals surface area contributed by atoms with Crippen LogP contribution in [0, 0.1) is 10.1 Å². The van der Waals surface area contributed by atoms with Crippen molar-refractivity contribution in [3.8, 4) is 5.75 Å². The van der Waals surface area contributed by atoms with E-state index in [2.05, 4.69) is 0 Å². The van der Waals surface area contributed by atoms with E-state index < -0.39 is 17.0 Å². The fourth-order valence-electron chi connectivity index (χ4n) is 1.67. The van der Waals surface area contributed by atoms with E-state index in [0.717, 1.165) is 0 Å². The maximum absolute atomic E-state index is 11.3. The first-order chi connectivity index (χ1) is 9.58. The van der Waals surface area contributed by atoms with Gasteiger partial charge >= 0.3 is 5.97 Å². The summed E-state index contributed by atoms with van der Waals surface area (Å²) in [5.74, 6) is -0.749. The Kier molecular flexibility index (Phi) is 3.95. The van der Waals surface area contributed by atoms with Crippen LogP contribution < -0.4 is 4.74 Å². The Bertz CT molecular complexity index is 609. The first-order valence-electron chi connectivity index (χ1n) is 5.77. The number of non-ortho nitro benzene ring substituents is 1. The Labute approximate surface area is 114 Å². The molecule has 0 bridgehead atoms. The average molecular weight is 273 g/mol. The Hall–Kier alpha value is -2.89. The quantitative estimate of drug-likeness (QED) is 0.668. The number of carboxylic acids is 1. The van der Waals surface area contributed by atoms with Crippen molar-refractivity contribution in [3.63, 3.8) is 0 Å². The number of hydrogen-bond acceptors (Lipinski definition) is 4. The monoisotopic (exact) mass is 273 g/mol. The highest BCUT2D eigenvalue weighted by atomic mass is 16.6. The SMILES string of the molecule is O=C(O)C(Oc1ccccc1)c1ccc([N+](=O)[O-])cc1. The van der Waals surface area contributed by atoms with Crippen LogP contribution in [0.25, 0.3) is 0 Å². The summed E-state index contributed by atoms with van der Waals surface area (Å²) < 4.78 is 5.39. The van der Waals surface area contributed by atoms with Gasteiger partial charge < -0.3 is 9.84 Å². The highest BCUT2D eigenvalue weighted by Gasteiger charge is 2.22. The van der Waals surface area contributed by atoms with Crippen LogP contribution in [0.1, 0.15) is 11.7 Å².